The Labute approximate surface area is 108 Å². The van der Waals surface area contributed by atoms with Crippen molar-refractivity contribution in [2.45, 2.75) is 6.42 Å². The molecule has 1 aromatic heterocycles. The average Bonchev–Trinajstić information content (AvgIpc) is 2.44. The van der Waals surface area contributed by atoms with E-state index in [1.54, 1.807) is 30.3 Å². The fourth-order valence-electron chi connectivity index (χ4n) is 2.13. The highest BCUT2D eigenvalue weighted by molar-refractivity contribution is 5.83. The molecule has 0 aliphatic carbocycles. The Morgan fingerprint density at radius 3 is 2.47 bits per heavy atom. The summed E-state index contributed by atoms with van der Waals surface area (Å²) in [5.74, 6) is -0.264. The first-order valence-electron chi connectivity index (χ1n) is 5.95. The van der Waals surface area contributed by atoms with E-state index < -0.39 is 0 Å². The molecule has 0 fully saturated rings. The molecule has 2 aromatic carbocycles. The Balaban J connectivity index is 2.14. The molecule has 0 spiro atoms. The van der Waals surface area contributed by atoms with E-state index in [-0.39, 0.29) is 11.4 Å². The first-order valence-corrected chi connectivity index (χ1v) is 5.95. The molecule has 0 aliphatic heterocycles. The van der Waals surface area contributed by atoms with Crippen LogP contribution in [0.1, 0.15) is 11.3 Å². The lowest BCUT2D eigenvalue weighted by Gasteiger charge is -2.05. The molecule has 1 heterocycles. The highest BCUT2D eigenvalue weighted by Crippen LogP contribution is 2.17. The minimum Gasteiger partial charge on any atom is -0.267 e. The smallest absolute Gasteiger partial charge is 0.267 e. The number of aromatic amines is 1. The Morgan fingerprint density at radius 2 is 1.68 bits per heavy atom. The number of rotatable bonds is 2. The summed E-state index contributed by atoms with van der Waals surface area (Å²) in [5.41, 5.74) is 1.00. The van der Waals surface area contributed by atoms with Gasteiger partial charge in [0.2, 0.25) is 0 Å². The van der Waals surface area contributed by atoms with Gasteiger partial charge in [-0.3, -0.25) is 4.79 Å². The van der Waals surface area contributed by atoms with Crippen LogP contribution in [0.25, 0.3) is 10.8 Å². The molecule has 4 heteroatoms. The second-order valence-electron chi connectivity index (χ2n) is 4.31. The van der Waals surface area contributed by atoms with Gasteiger partial charge in [-0.2, -0.15) is 5.10 Å². The molecule has 19 heavy (non-hydrogen) atoms. The Bertz CT molecular complexity index is 795. The monoisotopic (exact) mass is 254 g/mol. The van der Waals surface area contributed by atoms with Crippen molar-refractivity contribution < 1.29 is 4.39 Å². The fourth-order valence-corrected chi connectivity index (χ4v) is 2.13. The van der Waals surface area contributed by atoms with Crippen molar-refractivity contribution in [3.8, 4) is 0 Å². The molecular formula is C15H11FN2O. The molecule has 0 radical (unpaired) electrons. The van der Waals surface area contributed by atoms with Crippen LogP contribution in [0.3, 0.4) is 0 Å². The quantitative estimate of drug-likeness (QED) is 0.764. The van der Waals surface area contributed by atoms with Crippen molar-refractivity contribution in [2.75, 3.05) is 0 Å². The summed E-state index contributed by atoms with van der Waals surface area (Å²) >= 11 is 0. The van der Waals surface area contributed by atoms with Crippen LogP contribution in [0, 0.1) is 5.82 Å². The van der Waals surface area contributed by atoms with E-state index in [9.17, 15) is 9.18 Å². The second kappa shape index (κ2) is 4.65. The van der Waals surface area contributed by atoms with Crippen LogP contribution in [0.4, 0.5) is 4.39 Å². The first-order chi connectivity index (χ1) is 9.25. The Morgan fingerprint density at radius 1 is 1.00 bits per heavy atom. The summed E-state index contributed by atoms with van der Waals surface area (Å²) in [4.78, 5) is 11.7. The molecule has 0 unspecified atom stereocenters. The highest BCUT2D eigenvalue weighted by atomic mass is 19.1. The van der Waals surface area contributed by atoms with Gasteiger partial charge in [-0.25, -0.2) is 9.49 Å². The fraction of sp³-hybridized carbons (Fsp3) is 0.0667. The average molecular weight is 254 g/mol. The van der Waals surface area contributed by atoms with Gasteiger partial charge >= 0.3 is 0 Å². The number of aromatic nitrogens is 2. The van der Waals surface area contributed by atoms with Crippen molar-refractivity contribution in [3.05, 3.63) is 76.0 Å². The molecule has 0 aliphatic rings. The van der Waals surface area contributed by atoms with Gasteiger partial charge in [0.25, 0.3) is 5.56 Å². The normalized spacial score (nSPS) is 10.8. The number of fused-ring (bicyclic) bond motifs is 1. The lowest BCUT2D eigenvalue weighted by molar-refractivity contribution is 0.613. The van der Waals surface area contributed by atoms with Crippen LogP contribution in [0.5, 0.6) is 0 Å². The molecule has 3 rings (SSSR count). The molecule has 0 atom stereocenters. The first kappa shape index (κ1) is 11.6. The summed E-state index contributed by atoms with van der Waals surface area (Å²) in [6.45, 7) is 0. The maximum atomic E-state index is 13.7. The highest BCUT2D eigenvalue weighted by Gasteiger charge is 2.08. The summed E-state index contributed by atoms with van der Waals surface area (Å²) in [6, 6.07) is 13.8. The zero-order valence-electron chi connectivity index (χ0n) is 10.1. The minimum absolute atomic E-state index is 0.229. The molecule has 0 saturated carbocycles. The molecule has 1 N–H and O–H groups in total. The molecule has 0 bridgehead atoms. The van der Waals surface area contributed by atoms with Gasteiger partial charge in [-0.1, -0.05) is 36.4 Å². The predicted molar refractivity (Wildman–Crippen MR) is 71.6 cm³/mol. The number of H-pyrrole nitrogens is 1. The molecular weight excluding hydrogens is 243 g/mol. The topological polar surface area (TPSA) is 45.8 Å². The van der Waals surface area contributed by atoms with Crippen molar-refractivity contribution >= 4 is 10.8 Å². The summed E-state index contributed by atoms with van der Waals surface area (Å²) < 4.78 is 13.7. The SMILES string of the molecule is O=c1[nH]nc(Cc2ccccc2F)c2ccccc12. The number of hydrogen-bond acceptors (Lipinski definition) is 2. The third-order valence-corrected chi connectivity index (χ3v) is 3.09. The predicted octanol–water partition coefficient (Wildman–Crippen LogP) is 2.65. The van der Waals surface area contributed by atoms with E-state index in [1.807, 2.05) is 12.1 Å². The van der Waals surface area contributed by atoms with Crippen molar-refractivity contribution in [2.24, 2.45) is 0 Å². The lowest BCUT2D eigenvalue weighted by Crippen LogP contribution is -2.11. The van der Waals surface area contributed by atoms with Crippen molar-refractivity contribution in [3.63, 3.8) is 0 Å². The second-order valence-corrected chi connectivity index (χ2v) is 4.31. The van der Waals surface area contributed by atoms with Crippen molar-refractivity contribution in [1.82, 2.24) is 10.2 Å². The molecule has 3 aromatic rings. The molecule has 3 nitrogen and oxygen atoms in total. The van der Waals surface area contributed by atoms with Gasteiger partial charge < -0.3 is 0 Å². The van der Waals surface area contributed by atoms with Gasteiger partial charge in [0.05, 0.1) is 11.1 Å². The Kier molecular flexibility index (Phi) is 2.83. The van der Waals surface area contributed by atoms with Gasteiger partial charge in [-0.05, 0) is 17.7 Å². The van der Waals surface area contributed by atoms with Crippen LogP contribution >= 0.6 is 0 Å². The van der Waals surface area contributed by atoms with Crippen LogP contribution in [-0.4, -0.2) is 10.2 Å². The molecule has 0 saturated heterocycles. The zero-order valence-corrected chi connectivity index (χ0v) is 10.1. The van der Waals surface area contributed by atoms with Gasteiger partial charge in [-0.15, -0.1) is 0 Å². The molecule has 94 valence electrons. The lowest BCUT2D eigenvalue weighted by atomic mass is 10.0. The third kappa shape index (κ3) is 2.12. The van der Waals surface area contributed by atoms with Crippen LogP contribution in [-0.2, 0) is 6.42 Å². The zero-order chi connectivity index (χ0) is 13.2. The summed E-state index contributed by atoms with van der Waals surface area (Å²) in [7, 11) is 0. The van der Waals surface area contributed by atoms with Crippen LogP contribution in [0.2, 0.25) is 0 Å². The van der Waals surface area contributed by atoms with Gasteiger partial charge in [0.1, 0.15) is 5.82 Å². The van der Waals surface area contributed by atoms with E-state index in [4.69, 9.17) is 0 Å². The Hall–Kier alpha value is -2.49. The summed E-state index contributed by atoms with van der Waals surface area (Å²) in [5, 5.41) is 7.83. The van der Waals surface area contributed by atoms with Crippen LogP contribution < -0.4 is 5.56 Å². The minimum atomic E-state index is -0.264. The number of nitrogens with one attached hydrogen (secondary N) is 1. The number of benzene rings is 2. The van der Waals surface area contributed by atoms with E-state index in [0.29, 0.717) is 23.1 Å². The van der Waals surface area contributed by atoms with E-state index in [1.165, 1.54) is 6.07 Å². The number of halogens is 1. The largest absolute Gasteiger partial charge is 0.272 e. The van der Waals surface area contributed by atoms with E-state index >= 15 is 0 Å². The number of hydrogen-bond donors (Lipinski definition) is 1. The van der Waals surface area contributed by atoms with E-state index in [0.717, 1.165) is 5.39 Å². The maximum Gasteiger partial charge on any atom is 0.272 e. The summed E-state index contributed by atoms with van der Waals surface area (Å²) in [6.07, 6.45) is 0.351. The third-order valence-electron chi connectivity index (χ3n) is 3.09. The van der Waals surface area contributed by atoms with Crippen LogP contribution in [0.15, 0.2) is 53.3 Å². The van der Waals surface area contributed by atoms with Gasteiger partial charge in [0.15, 0.2) is 0 Å². The standard InChI is InChI=1S/C15H11FN2O/c16-13-8-4-1-5-10(13)9-14-11-6-2-3-7-12(11)15(19)18-17-14/h1-8H,9H2,(H,18,19). The van der Waals surface area contributed by atoms with Crippen molar-refractivity contribution in [1.29, 1.82) is 0 Å². The maximum absolute atomic E-state index is 13.7. The number of nitrogens with zero attached hydrogens (tertiary/aromatic N) is 1. The van der Waals surface area contributed by atoms with Gasteiger partial charge in [0, 0.05) is 11.8 Å². The van der Waals surface area contributed by atoms with E-state index in [2.05, 4.69) is 10.2 Å². The molecule has 0 amide bonds.